The first-order chi connectivity index (χ1) is 7.59. The maximum atomic E-state index is 12.9. The van der Waals surface area contributed by atoms with Crippen molar-refractivity contribution in [1.82, 2.24) is 0 Å². The lowest BCUT2D eigenvalue weighted by atomic mass is 10.0. The molecule has 0 saturated heterocycles. The molecule has 1 aliphatic rings. The topological polar surface area (TPSA) is 20.2 Å². The van der Waals surface area contributed by atoms with Crippen molar-refractivity contribution in [2.75, 3.05) is 0 Å². The highest BCUT2D eigenvalue weighted by Crippen LogP contribution is 2.28. The smallest absolute Gasteiger partial charge is 0.125 e. The first-order valence-electron chi connectivity index (χ1n) is 5.61. The summed E-state index contributed by atoms with van der Waals surface area (Å²) in [6.07, 6.45) is 3.57. The van der Waals surface area contributed by atoms with Gasteiger partial charge in [0.2, 0.25) is 0 Å². The standard InChI is InChI=1S/C14H15FO/c1-11-10-13(15)5-4-12(11)6-9-14(16)7-2-3-8-14/h4-5,10,16H,2-3,7-8H2,1H3. The van der Waals surface area contributed by atoms with Crippen LogP contribution in [0.2, 0.25) is 0 Å². The third kappa shape index (κ3) is 2.43. The van der Waals surface area contributed by atoms with Crippen molar-refractivity contribution in [1.29, 1.82) is 0 Å². The number of benzene rings is 1. The van der Waals surface area contributed by atoms with Crippen molar-refractivity contribution in [2.45, 2.75) is 38.2 Å². The average Bonchev–Trinajstić information content (AvgIpc) is 2.64. The molecule has 1 aromatic carbocycles. The summed E-state index contributed by atoms with van der Waals surface area (Å²) in [5, 5.41) is 10.1. The summed E-state index contributed by atoms with van der Waals surface area (Å²) in [6, 6.07) is 4.52. The molecule has 2 rings (SSSR count). The van der Waals surface area contributed by atoms with Crippen LogP contribution in [-0.4, -0.2) is 10.7 Å². The zero-order valence-corrected chi connectivity index (χ0v) is 9.39. The molecular weight excluding hydrogens is 203 g/mol. The minimum absolute atomic E-state index is 0.248. The number of aryl methyl sites for hydroxylation is 1. The molecule has 0 aromatic heterocycles. The first-order valence-corrected chi connectivity index (χ1v) is 5.61. The van der Waals surface area contributed by atoms with Crippen molar-refractivity contribution in [3.63, 3.8) is 0 Å². The van der Waals surface area contributed by atoms with Crippen LogP contribution >= 0.6 is 0 Å². The molecule has 84 valence electrons. The minimum Gasteiger partial charge on any atom is -0.378 e. The van der Waals surface area contributed by atoms with E-state index in [0.29, 0.717) is 0 Å². The summed E-state index contributed by atoms with van der Waals surface area (Å²) in [5.41, 5.74) is 0.789. The summed E-state index contributed by atoms with van der Waals surface area (Å²) in [4.78, 5) is 0. The van der Waals surface area contributed by atoms with Gasteiger partial charge in [-0.15, -0.1) is 0 Å². The molecule has 0 atom stereocenters. The SMILES string of the molecule is Cc1cc(F)ccc1C#CC1(O)CCCC1. The molecule has 0 spiro atoms. The highest BCUT2D eigenvalue weighted by atomic mass is 19.1. The Bertz CT molecular complexity index is 448. The van der Waals surface area contributed by atoms with E-state index in [1.165, 1.54) is 12.1 Å². The maximum absolute atomic E-state index is 12.9. The Morgan fingerprint density at radius 2 is 2.00 bits per heavy atom. The number of aliphatic hydroxyl groups is 1. The van der Waals surface area contributed by atoms with Gasteiger partial charge in [0, 0.05) is 5.56 Å². The number of halogens is 1. The molecule has 1 aliphatic carbocycles. The van der Waals surface area contributed by atoms with Crippen LogP contribution in [-0.2, 0) is 0 Å². The highest BCUT2D eigenvalue weighted by molar-refractivity contribution is 5.42. The van der Waals surface area contributed by atoms with Gasteiger partial charge in [-0.2, -0.15) is 0 Å². The quantitative estimate of drug-likeness (QED) is 0.664. The first kappa shape index (κ1) is 11.2. The van der Waals surface area contributed by atoms with Crippen LogP contribution in [0.3, 0.4) is 0 Å². The Morgan fingerprint density at radius 3 is 2.62 bits per heavy atom. The van der Waals surface area contributed by atoms with Crippen LogP contribution in [0.1, 0.15) is 36.8 Å². The molecule has 1 saturated carbocycles. The Morgan fingerprint density at radius 1 is 1.31 bits per heavy atom. The second-order valence-corrected chi connectivity index (χ2v) is 4.45. The van der Waals surface area contributed by atoms with Gasteiger partial charge < -0.3 is 5.11 Å². The Kier molecular flexibility index (Phi) is 2.98. The monoisotopic (exact) mass is 218 g/mol. The molecule has 0 unspecified atom stereocenters. The summed E-state index contributed by atoms with van der Waals surface area (Å²) < 4.78 is 12.9. The van der Waals surface area contributed by atoms with Crippen LogP contribution in [0.15, 0.2) is 18.2 Å². The summed E-state index contributed by atoms with van der Waals surface area (Å²) in [6.45, 7) is 1.83. The van der Waals surface area contributed by atoms with Crippen LogP contribution < -0.4 is 0 Å². The third-order valence-electron chi connectivity index (χ3n) is 3.05. The summed E-state index contributed by atoms with van der Waals surface area (Å²) >= 11 is 0. The molecule has 1 aromatic rings. The van der Waals surface area contributed by atoms with Crippen LogP contribution in [0.25, 0.3) is 0 Å². The number of hydrogen-bond donors (Lipinski definition) is 1. The van der Waals surface area contributed by atoms with E-state index >= 15 is 0 Å². The van der Waals surface area contributed by atoms with Gasteiger partial charge >= 0.3 is 0 Å². The third-order valence-corrected chi connectivity index (χ3v) is 3.05. The van der Waals surface area contributed by atoms with E-state index < -0.39 is 5.60 Å². The van der Waals surface area contributed by atoms with Gasteiger partial charge in [-0.3, -0.25) is 0 Å². The molecule has 1 nitrogen and oxygen atoms in total. The zero-order valence-electron chi connectivity index (χ0n) is 9.39. The van der Waals surface area contributed by atoms with Crippen molar-refractivity contribution in [2.24, 2.45) is 0 Å². The summed E-state index contributed by atoms with van der Waals surface area (Å²) in [7, 11) is 0. The molecule has 0 bridgehead atoms. The normalized spacial score (nSPS) is 17.9. The molecule has 2 heteroatoms. The van der Waals surface area contributed by atoms with Gasteiger partial charge in [0.05, 0.1) is 0 Å². The fourth-order valence-corrected chi connectivity index (χ4v) is 2.04. The van der Waals surface area contributed by atoms with E-state index in [4.69, 9.17) is 0 Å². The van der Waals surface area contributed by atoms with Crippen LogP contribution in [0.5, 0.6) is 0 Å². The maximum Gasteiger partial charge on any atom is 0.125 e. The molecule has 0 heterocycles. The minimum atomic E-state index is -0.819. The van der Waals surface area contributed by atoms with Gasteiger partial charge in [0.25, 0.3) is 0 Å². The lowest BCUT2D eigenvalue weighted by Gasteiger charge is -2.12. The lowest BCUT2D eigenvalue weighted by Crippen LogP contribution is -2.20. The second kappa shape index (κ2) is 4.27. The largest absolute Gasteiger partial charge is 0.378 e. The molecule has 0 amide bonds. The van der Waals surface area contributed by atoms with E-state index in [1.54, 1.807) is 6.07 Å². The lowest BCUT2D eigenvalue weighted by molar-refractivity contribution is 0.110. The van der Waals surface area contributed by atoms with Gasteiger partial charge in [-0.05, 0) is 56.4 Å². The molecule has 1 N–H and O–H groups in total. The molecule has 0 radical (unpaired) electrons. The van der Waals surface area contributed by atoms with Gasteiger partial charge in [-0.1, -0.05) is 11.8 Å². The Balaban J connectivity index is 2.23. The Hall–Kier alpha value is -1.33. The van der Waals surface area contributed by atoms with E-state index in [9.17, 15) is 9.50 Å². The van der Waals surface area contributed by atoms with Crippen molar-refractivity contribution < 1.29 is 9.50 Å². The molecule has 1 fully saturated rings. The van der Waals surface area contributed by atoms with E-state index in [0.717, 1.165) is 36.8 Å². The molecule has 0 aliphatic heterocycles. The zero-order chi connectivity index (χ0) is 11.6. The molecular formula is C14H15FO. The fourth-order valence-electron chi connectivity index (χ4n) is 2.04. The fraction of sp³-hybridized carbons (Fsp3) is 0.429. The average molecular weight is 218 g/mol. The van der Waals surface area contributed by atoms with Crippen molar-refractivity contribution in [3.8, 4) is 11.8 Å². The van der Waals surface area contributed by atoms with Gasteiger partial charge in [0.15, 0.2) is 0 Å². The van der Waals surface area contributed by atoms with Crippen LogP contribution in [0.4, 0.5) is 4.39 Å². The van der Waals surface area contributed by atoms with E-state index in [-0.39, 0.29) is 5.82 Å². The molecule has 16 heavy (non-hydrogen) atoms. The van der Waals surface area contributed by atoms with Crippen molar-refractivity contribution in [3.05, 3.63) is 35.1 Å². The highest BCUT2D eigenvalue weighted by Gasteiger charge is 2.28. The summed E-state index contributed by atoms with van der Waals surface area (Å²) in [5.74, 6) is 5.63. The van der Waals surface area contributed by atoms with Crippen molar-refractivity contribution >= 4 is 0 Å². The van der Waals surface area contributed by atoms with Gasteiger partial charge in [-0.25, -0.2) is 4.39 Å². The van der Waals surface area contributed by atoms with Crippen LogP contribution in [0, 0.1) is 24.6 Å². The van der Waals surface area contributed by atoms with Gasteiger partial charge in [0.1, 0.15) is 11.4 Å². The second-order valence-electron chi connectivity index (χ2n) is 4.45. The Labute approximate surface area is 95.3 Å². The van der Waals surface area contributed by atoms with E-state index in [2.05, 4.69) is 11.8 Å². The predicted molar refractivity (Wildman–Crippen MR) is 61.4 cm³/mol. The number of rotatable bonds is 0. The van der Waals surface area contributed by atoms with E-state index in [1.807, 2.05) is 6.92 Å². The predicted octanol–water partition coefficient (Wildman–Crippen LogP) is 2.79. The number of hydrogen-bond acceptors (Lipinski definition) is 1.